The van der Waals surface area contributed by atoms with Crippen LogP contribution in [0.3, 0.4) is 0 Å². The molecule has 0 bridgehead atoms. The highest BCUT2D eigenvalue weighted by molar-refractivity contribution is 5.84. The molecule has 1 aliphatic rings. The fourth-order valence-electron chi connectivity index (χ4n) is 3.40. The van der Waals surface area contributed by atoms with Gasteiger partial charge in [0, 0.05) is 11.6 Å². The largest absolute Gasteiger partial charge is 0.502 e. The van der Waals surface area contributed by atoms with E-state index in [-0.39, 0.29) is 5.82 Å². The van der Waals surface area contributed by atoms with Crippen molar-refractivity contribution in [1.82, 2.24) is 0 Å². The Kier molecular flexibility index (Phi) is 7.09. The molecular formula is C24H27FO2. The summed E-state index contributed by atoms with van der Waals surface area (Å²) in [4.78, 5) is 0. The predicted molar refractivity (Wildman–Crippen MR) is 109 cm³/mol. The number of hydrogen-bond donors (Lipinski definition) is 0. The number of rotatable bonds is 10. The number of benzene rings is 2. The SMILES string of the molecule is C=COCCCCCCOc1ccc(C2=Cc3ccccc3CC2)c(F)c1. The third kappa shape index (κ3) is 5.46. The van der Waals surface area contributed by atoms with Crippen molar-refractivity contribution in [3.63, 3.8) is 0 Å². The Labute approximate surface area is 161 Å². The molecule has 0 spiro atoms. The van der Waals surface area contributed by atoms with Crippen molar-refractivity contribution in [2.24, 2.45) is 0 Å². The fourth-order valence-corrected chi connectivity index (χ4v) is 3.40. The first-order valence-electron chi connectivity index (χ1n) is 9.71. The third-order valence-corrected chi connectivity index (χ3v) is 4.88. The van der Waals surface area contributed by atoms with Crippen LogP contribution in [0.2, 0.25) is 0 Å². The van der Waals surface area contributed by atoms with E-state index in [2.05, 4.69) is 30.9 Å². The molecule has 0 atom stereocenters. The smallest absolute Gasteiger partial charge is 0.134 e. The van der Waals surface area contributed by atoms with Crippen molar-refractivity contribution < 1.29 is 13.9 Å². The van der Waals surface area contributed by atoms with Gasteiger partial charge < -0.3 is 9.47 Å². The normalized spacial score (nSPS) is 12.9. The molecule has 2 nitrogen and oxygen atoms in total. The highest BCUT2D eigenvalue weighted by Gasteiger charge is 2.15. The van der Waals surface area contributed by atoms with Gasteiger partial charge in [0.05, 0.1) is 19.5 Å². The molecule has 3 heteroatoms. The molecule has 0 fully saturated rings. The Balaban J connectivity index is 1.51. The zero-order valence-electron chi connectivity index (χ0n) is 15.8. The van der Waals surface area contributed by atoms with Gasteiger partial charge in [-0.1, -0.05) is 36.9 Å². The topological polar surface area (TPSA) is 18.5 Å². The summed E-state index contributed by atoms with van der Waals surface area (Å²) in [5.41, 5.74) is 4.26. The summed E-state index contributed by atoms with van der Waals surface area (Å²) in [7, 11) is 0. The standard InChI is InChI=1S/C24H27FO2/c1-2-26-15-7-3-4-8-16-27-22-13-14-23(24(25)18-22)21-12-11-19-9-5-6-10-20(19)17-21/h2,5-6,9-10,13-14,17-18H,1,3-4,7-8,11-12,15-16H2. The van der Waals surface area contributed by atoms with Crippen LogP contribution in [0.4, 0.5) is 4.39 Å². The van der Waals surface area contributed by atoms with Gasteiger partial charge in [0.15, 0.2) is 0 Å². The predicted octanol–water partition coefficient (Wildman–Crippen LogP) is 6.41. The molecule has 0 radical (unpaired) electrons. The number of unbranched alkanes of at least 4 members (excludes halogenated alkanes) is 3. The number of ether oxygens (including phenoxy) is 2. The highest BCUT2D eigenvalue weighted by Crippen LogP contribution is 2.32. The van der Waals surface area contributed by atoms with Crippen LogP contribution in [-0.2, 0) is 11.2 Å². The van der Waals surface area contributed by atoms with Crippen molar-refractivity contribution in [3.8, 4) is 5.75 Å². The maximum absolute atomic E-state index is 14.6. The van der Waals surface area contributed by atoms with Crippen LogP contribution in [0.25, 0.3) is 11.6 Å². The van der Waals surface area contributed by atoms with E-state index in [0.29, 0.717) is 17.9 Å². The Morgan fingerprint density at radius 1 is 0.963 bits per heavy atom. The van der Waals surface area contributed by atoms with Crippen molar-refractivity contribution in [3.05, 3.63) is 77.8 Å². The second-order valence-corrected chi connectivity index (χ2v) is 6.81. The average molecular weight is 366 g/mol. The van der Waals surface area contributed by atoms with E-state index in [1.807, 2.05) is 18.2 Å². The van der Waals surface area contributed by atoms with E-state index in [4.69, 9.17) is 9.47 Å². The van der Waals surface area contributed by atoms with Gasteiger partial charge in [-0.05, 0) is 67.4 Å². The average Bonchev–Trinajstić information content (AvgIpc) is 2.70. The zero-order chi connectivity index (χ0) is 18.9. The van der Waals surface area contributed by atoms with Gasteiger partial charge in [0.1, 0.15) is 11.6 Å². The quantitative estimate of drug-likeness (QED) is 0.357. The maximum Gasteiger partial charge on any atom is 0.134 e. The summed E-state index contributed by atoms with van der Waals surface area (Å²) in [6.45, 7) is 4.85. The summed E-state index contributed by atoms with van der Waals surface area (Å²) in [5.74, 6) is 0.391. The molecule has 1 aliphatic carbocycles. The van der Waals surface area contributed by atoms with Crippen molar-refractivity contribution in [1.29, 1.82) is 0 Å². The molecule has 0 aliphatic heterocycles. The third-order valence-electron chi connectivity index (χ3n) is 4.88. The fraction of sp³-hybridized carbons (Fsp3) is 0.333. The van der Waals surface area contributed by atoms with Crippen molar-refractivity contribution in [2.45, 2.75) is 38.5 Å². The van der Waals surface area contributed by atoms with E-state index in [0.717, 1.165) is 50.7 Å². The zero-order valence-corrected chi connectivity index (χ0v) is 15.8. The van der Waals surface area contributed by atoms with E-state index in [9.17, 15) is 4.39 Å². The van der Waals surface area contributed by atoms with Crippen LogP contribution in [0.15, 0.2) is 55.3 Å². The van der Waals surface area contributed by atoms with Crippen LogP contribution in [0.5, 0.6) is 5.75 Å². The van der Waals surface area contributed by atoms with E-state index in [1.165, 1.54) is 23.5 Å². The lowest BCUT2D eigenvalue weighted by atomic mass is 9.88. The Morgan fingerprint density at radius 2 is 1.78 bits per heavy atom. The van der Waals surface area contributed by atoms with Gasteiger partial charge in [0.2, 0.25) is 0 Å². The number of hydrogen-bond acceptors (Lipinski definition) is 2. The molecule has 27 heavy (non-hydrogen) atoms. The number of aryl methyl sites for hydroxylation is 1. The van der Waals surface area contributed by atoms with Gasteiger partial charge >= 0.3 is 0 Å². The molecule has 2 aromatic carbocycles. The molecule has 3 rings (SSSR count). The second-order valence-electron chi connectivity index (χ2n) is 6.81. The first-order valence-corrected chi connectivity index (χ1v) is 9.71. The summed E-state index contributed by atoms with van der Waals surface area (Å²) in [6, 6.07) is 13.5. The number of allylic oxidation sites excluding steroid dienone is 1. The monoisotopic (exact) mass is 366 g/mol. The molecule has 0 unspecified atom stereocenters. The summed E-state index contributed by atoms with van der Waals surface area (Å²) >= 11 is 0. The minimum atomic E-state index is -0.209. The summed E-state index contributed by atoms with van der Waals surface area (Å²) in [5, 5.41) is 0. The van der Waals surface area contributed by atoms with E-state index >= 15 is 0 Å². The molecule has 142 valence electrons. The van der Waals surface area contributed by atoms with Gasteiger partial charge in [-0.2, -0.15) is 0 Å². The molecule has 0 aromatic heterocycles. The first-order chi connectivity index (χ1) is 13.3. The van der Waals surface area contributed by atoms with Crippen LogP contribution >= 0.6 is 0 Å². The molecule has 0 amide bonds. The second kappa shape index (κ2) is 9.96. The summed E-state index contributed by atoms with van der Waals surface area (Å²) < 4.78 is 25.4. The first kappa shape index (κ1) is 19.2. The minimum Gasteiger partial charge on any atom is -0.502 e. The molecule has 0 heterocycles. The Hall–Kier alpha value is -2.55. The van der Waals surface area contributed by atoms with Gasteiger partial charge in [0.25, 0.3) is 0 Å². The summed E-state index contributed by atoms with van der Waals surface area (Å²) in [6.07, 6.45) is 9.55. The van der Waals surface area contributed by atoms with Gasteiger partial charge in [-0.25, -0.2) is 4.39 Å². The highest BCUT2D eigenvalue weighted by atomic mass is 19.1. The van der Waals surface area contributed by atoms with Crippen LogP contribution in [0, 0.1) is 5.82 Å². The van der Waals surface area contributed by atoms with E-state index in [1.54, 1.807) is 0 Å². The minimum absolute atomic E-state index is 0.209. The van der Waals surface area contributed by atoms with Gasteiger partial charge in [-0.15, -0.1) is 0 Å². The van der Waals surface area contributed by atoms with Crippen LogP contribution < -0.4 is 4.74 Å². The lowest BCUT2D eigenvalue weighted by molar-refractivity contribution is 0.239. The van der Waals surface area contributed by atoms with Crippen molar-refractivity contribution >= 4 is 11.6 Å². The van der Waals surface area contributed by atoms with Crippen LogP contribution in [-0.4, -0.2) is 13.2 Å². The molecular weight excluding hydrogens is 339 g/mol. The van der Waals surface area contributed by atoms with Crippen molar-refractivity contribution in [2.75, 3.05) is 13.2 Å². The Bertz CT molecular complexity index is 795. The lowest BCUT2D eigenvalue weighted by Crippen LogP contribution is -2.02. The van der Waals surface area contributed by atoms with Crippen LogP contribution in [0.1, 0.15) is 48.8 Å². The Morgan fingerprint density at radius 3 is 2.59 bits per heavy atom. The number of halogens is 1. The maximum atomic E-state index is 14.6. The lowest BCUT2D eigenvalue weighted by Gasteiger charge is -2.17. The molecule has 2 aromatic rings. The van der Waals surface area contributed by atoms with E-state index < -0.39 is 0 Å². The molecule has 0 saturated carbocycles. The molecule has 0 saturated heterocycles. The number of fused-ring (bicyclic) bond motifs is 1. The molecule has 0 N–H and O–H groups in total. The van der Waals surface area contributed by atoms with Gasteiger partial charge in [-0.3, -0.25) is 0 Å².